The van der Waals surface area contributed by atoms with Crippen LogP contribution >= 0.6 is 10.8 Å². The normalized spacial score (nSPS) is 23.2. The van der Waals surface area contributed by atoms with E-state index in [1.54, 1.807) is 17.6 Å². The zero-order chi connectivity index (χ0) is 33.6. The van der Waals surface area contributed by atoms with Gasteiger partial charge in [0, 0.05) is 39.7 Å². The highest BCUT2D eigenvalue weighted by Gasteiger charge is 2.50. The largest absolute Gasteiger partial charge is 0.416 e. The molecule has 2 saturated heterocycles. The Balaban J connectivity index is 0.00000150. The average Bonchev–Trinajstić information content (AvgIpc) is 3.54. The average molecular weight is 689 g/mol. The fourth-order valence-corrected chi connectivity index (χ4v) is 6.67. The van der Waals surface area contributed by atoms with Crippen LogP contribution in [0.15, 0.2) is 70.9 Å². The standard InChI is InChI=1S/C25H27F4N3O2S.C4H9F2NO.C2H6.FH.2H2/c1-16-24(2,3)31-23(30-16)18-6-11-21(14-18)32(15-17-4-7-19(8-5-17)25(27,28)29)35(33-34-35)22-12-9-20(26)10-13-22;1-4(5,6)2-3-7-8;1-2;;;/h4-10,12-13,16,18,23,30-31H,14-15H2,1-3H3;7-8H,2-3H2,1H3;1-2H3;3*1H/t16?,18-,23?;;;;;/m1...../s1. The Bertz CT molecular complexity index is 1320. The maximum atomic E-state index is 13.6. The lowest BCUT2D eigenvalue weighted by molar-refractivity contribution is -0.137. The molecule has 46 heavy (non-hydrogen) atoms. The third-order valence-corrected chi connectivity index (χ3v) is 9.74. The molecule has 0 amide bonds. The third kappa shape index (κ3) is 10.2. The highest BCUT2D eigenvalue weighted by Crippen LogP contribution is 2.75. The van der Waals surface area contributed by atoms with Crippen molar-refractivity contribution in [3.05, 3.63) is 83.0 Å². The molecule has 2 aromatic carbocycles. The van der Waals surface area contributed by atoms with Crippen molar-refractivity contribution in [2.75, 3.05) is 6.54 Å². The van der Waals surface area contributed by atoms with Gasteiger partial charge in [-0.1, -0.05) is 34.6 Å². The van der Waals surface area contributed by atoms with Gasteiger partial charge in [0.2, 0.25) is 5.92 Å². The van der Waals surface area contributed by atoms with Crippen LogP contribution in [0.25, 0.3) is 0 Å². The van der Waals surface area contributed by atoms with Crippen LogP contribution in [0.1, 0.15) is 68.4 Å². The van der Waals surface area contributed by atoms with E-state index in [0.717, 1.165) is 24.8 Å². The van der Waals surface area contributed by atoms with Gasteiger partial charge in [0.25, 0.3) is 0 Å². The quantitative estimate of drug-likeness (QED) is 0.0690. The second-order valence-electron chi connectivity index (χ2n) is 11.4. The Hall–Kier alpha value is -2.62. The number of nitrogens with one attached hydrogen (secondary N) is 3. The van der Waals surface area contributed by atoms with E-state index in [9.17, 15) is 26.3 Å². The SMILES string of the molecule is CC.CC(F)(F)CCNO.CC1NC([C@@H]2C=C=C(N(Cc3ccc(C(F)(F)F)cc3)S3(c4ccc(F)cc4)OO3)C2)NC1(C)C.F.[HH].[HH]. The maximum Gasteiger partial charge on any atom is 0.416 e. The van der Waals surface area contributed by atoms with Gasteiger partial charge in [-0.05, 0) is 86.5 Å². The summed E-state index contributed by atoms with van der Waals surface area (Å²) >= 11 is 0. The highest BCUT2D eigenvalue weighted by molar-refractivity contribution is 8.27. The number of rotatable bonds is 9. The van der Waals surface area contributed by atoms with Gasteiger partial charge < -0.3 is 5.21 Å². The molecule has 7 nitrogen and oxygen atoms in total. The van der Waals surface area contributed by atoms with Gasteiger partial charge >= 0.3 is 6.18 Å². The predicted molar refractivity (Wildman–Crippen MR) is 168 cm³/mol. The summed E-state index contributed by atoms with van der Waals surface area (Å²) in [7, 11) is -2.38. The van der Waals surface area contributed by atoms with Crippen LogP contribution in [0, 0.1) is 11.7 Å². The molecule has 0 saturated carbocycles. The Labute approximate surface area is 270 Å². The predicted octanol–water partition coefficient (Wildman–Crippen LogP) is 8.64. The molecule has 4 N–H and O–H groups in total. The zero-order valence-electron chi connectivity index (χ0n) is 26.6. The van der Waals surface area contributed by atoms with Crippen LogP contribution in [-0.4, -0.2) is 39.7 Å². The Morgan fingerprint density at radius 1 is 1.07 bits per heavy atom. The van der Waals surface area contributed by atoms with Gasteiger partial charge in [0.15, 0.2) is 0 Å². The molecule has 0 aromatic heterocycles. The lowest BCUT2D eigenvalue weighted by Crippen LogP contribution is -2.44. The second-order valence-corrected chi connectivity index (χ2v) is 13.5. The van der Waals surface area contributed by atoms with Crippen molar-refractivity contribution < 1.29 is 47.8 Å². The lowest BCUT2D eigenvalue weighted by atomic mass is 9.99. The van der Waals surface area contributed by atoms with Gasteiger partial charge in [0.1, 0.15) is 5.82 Å². The first-order chi connectivity index (χ1) is 21.0. The Morgan fingerprint density at radius 3 is 2.09 bits per heavy atom. The van der Waals surface area contributed by atoms with Crippen LogP contribution in [0.2, 0.25) is 0 Å². The summed E-state index contributed by atoms with van der Waals surface area (Å²) < 4.78 is 89.3. The summed E-state index contributed by atoms with van der Waals surface area (Å²) in [5.74, 6) is -2.93. The minimum absolute atomic E-state index is 0. The van der Waals surface area contributed by atoms with E-state index in [4.69, 9.17) is 13.9 Å². The molecule has 2 aliphatic heterocycles. The summed E-state index contributed by atoms with van der Waals surface area (Å²) in [6.45, 7) is 11.4. The van der Waals surface area contributed by atoms with Gasteiger partial charge in [0.05, 0.1) is 28.9 Å². The molecule has 2 aromatic rings. The van der Waals surface area contributed by atoms with E-state index >= 15 is 0 Å². The zero-order valence-corrected chi connectivity index (χ0v) is 27.4. The molecule has 15 heteroatoms. The molecule has 0 spiro atoms. The van der Waals surface area contributed by atoms with Crippen LogP contribution in [0.4, 0.5) is 31.0 Å². The van der Waals surface area contributed by atoms with Crippen LogP contribution in [-0.2, 0) is 21.4 Å². The van der Waals surface area contributed by atoms with Crippen molar-refractivity contribution in [3.63, 3.8) is 0 Å². The van der Waals surface area contributed by atoms with E-state index in [1.807, 2.05) is 24.2 Å². The minimum atomic E-state index is -4.41. The second kappa shape index (κ2) is 16.0. The molecule has 1 aliphatic carbocycles. The van der Waals surface area contributed by atoms with E-state index in [-0.39, 0.29) is 56.5 Å². The topological polar surface area (TPSA) is 84.6 Å². The molecular weight excluding hydrogens is 641 g/mol. The maximum absolute atomic E-state index is 13.6. The number of hydroxylamine groups is 1. The molecule has 3 aliphatic rings. The van der Waals surface area contributed by atoms with Crippen LogP contribution in [0.5, 0.6) is 0 Å². The molecule has 2 fully saturated rings. The van der Waals surface area contributed by atoms with E-state index in [2.05, 4.69) is 37.1 Å². The Morgan fingerprint density at radius 2 is 1.65 bits per heavy atom. The van der Waals surface area contributed by atoms with E-state index in [1.165, 1.54) is 24.3 Å². The summed E-state index contributed by atoms with van der Waals surface area (Å²) in [6.07, 6.45) is -2.04. The molecule has 3 atom stereocenters. The smallest absolute Gasteiger partial charge is 0.317 e. The van der Waals surface area contributed by atoms with Crippen molar-refractivity contribution in [2.24, 2.45) is 5.92 Å². The first-order valence-electron chi connectivity index (χ1n) is 14.7. The van der Waals surface area contributed by atoms with Crippen LogP contribution in [0.3, 0.4) is 0 Å². The van der Waals surface area contributed by atoms with E-state index in [0.29, 0.717) is 16.9 Å². The molecule has 264 valence electrons. The molecule has 5 rings (SSSR count). The molecule has 2 heterocycles. The third-order valence-electron chi connectivity index (χ3n) is 7.54. The molecular formula is C31H47F7N4O3S. The van der Waals surface area contributed by atoms with Crippen molar-refractivity contribution in [2.45, 2.75) is 95.7 Å². The Kier molecular flexibility index (Phi) is 13.7. The summed E-state index contributed by atoms with van der Waals surface area (Å²) in [4.78, 5) is 0.662. The number of hydrogen-bond acceptors (Lipinski definition) is 7. The van der Waals surface area contributed by atoms with Gasteiger partial charge in [-0.25, -0.2) is 18.7 Å². The van der Waals surface area contributed by atoms with E-state index < -0.39 is 28.4 Å². The monoisotopic (exact) mass is 688 g/mol. The first kappa shape index (κ1) is 39.6. The summed E-state index contributed by atoms with van der Waals surface area (Å²) in [6, 6.07) is 11.2. The number of alkyl halides is 5. The number of nitrogens with zero attached hydrogens (tertiary/aromatic N) is 1. The summed E-state index contributed by atoms with van der Waals surface area (Å²) in [5.41, 5.74) is 5.72. The van der Waals surface area contributed by atoms with Crippen molar-refractivity contribution >= 4 is 10.8 Å². The number of hydrogen-bond donors (Lipinski definition) is 4. The molecule has 0 bridgehead atoms. The molecule has 2 unspecified atom stereocenters. The molecule has 0 radical (unpaired) electrons. The minimum Gasteiger partial charge on any atom is -0.317 e. The lowest BCUT2D eigenvalue weighted by Gasteiger charge is -2.34. The fourth-order valence-electron chi connectivity index (χ4n) is 4.69. The van der Waals surface area contributed by atoms with Crippen molar-refractivity contribution in [3.8, 4) is 0 Å². The van der Waals surface area contributed by atoms with Gasteiger partial charge in [-0.3, -0.25) is 19.6 Å². The fraction of sp³-hybridized carbons (Fsp3) is 0.516. The first-order valence-corrected chi connectivity index (χ1v) is 16.1. The number of halogens is 7. The van der Waals surface area contributed by atoms with Crippen LogP contribution < -0.4 is 16.1 Å². The number of benzene rings is 2. The van der Waals surface area contributed by atoms with Crippen molar-refractivity contribution in [1.29, 1.82) is 0 Å². The summed E-state index contributed by atoms with van der Waals surface area (Å²) in [5, 5.41) is 15.1. The van der Waals surface area contributed by atoms with Gasteiger partial charge in [-0.2, -0.15) is 13.2 Å². The highest BCUT2D eigenvalue weighted by atomic mass is 32.3. The van der Waals surface area contributed by atoms with Crippen molar-refractivity contribution in [1.82, 2.24) is 20.4 Å². The van der Waals surface area contributed by atoms with Gasteiger partial charge in [-0.15, -0.1) is 5.73 Å².